The van der Waals surface area contributed by atoms with Gasteiger partial charge in [-0.05, 0) is 30.2 Å². The lowest BCUT2D eigenvalue weighted by molar-refractivity contribution is 0.356. The smallest absolute Gasteiger partial charge is 0.125 e. The van der Waals surface area contributed by atoms with E-state index >= 15 is 0 Å². The molecule has 2 aromatic carbocycles. The predicted molar refractivity (Wildman–Crippen MR) is 83.3 cm³/mol. The molecule has 0 spiro atoms. The van der Waals surface area contributed by atoms with Gasteiger partial charge in [0.15, 0.2) is 0 Å². The topological polar surface area (TPSA) is 25.0 Å². The summed E-state index contributed by atoms with van der Waals surface area (Å²) in [5, 5.41) is 2.53. The maximum atomic E-state index is 5.90. The largest absolute Gasteiger partial charge is 0.489 e. The van der Waals surface area contributed by atoms with E-state index in [0.29, 0.717) is 6.61 Å². The Morgan fingerprint density at radius 2 is 2.00 bits per heavy atom. The van der Waals surface area contributed by atoms with Crippen molar-refractivity contribution in [1.29, 1.82) is 0 Å². The Morgan fingerprint density at radius 1 is 1.10 bits per heavy atom. The second-order valence-corrected chi connectivity index (χ2v) is 5.11. The summed E-state index contributed by atoms with van der Waals surface area (Å²) in [6.45, 7) is 4.43. The number of para-hydroxylation sites is 1. The van der Waals surface area contributed by atoms with Gasteiger partial charge >= 0.3 is 0 Å². The highest BCUT2D eigenvalue weighted by atomic mass is 16.5. The number of hydrogen-bond donors (Lipinski definition) is 1. The van der Waals surface area contributed by atoms with E-state index < -0.39 is 0 Å². The van der Waals surface area contributed by atoms with E-state index in [0.717, 1.165) is 17.7 Å². The number of fused-ring (bicyclic) bond motifs is 5. The number of aromatic amines is 1. The molecular weight excluding hydrogens is 246 g/mol. The molecule has 0 fully saturated rings. The van der Waals surface area contributed by atoms with Crippen LogP contribution >= 0.6 is 0 Å². The lowest BCUT2D eigenvalue weighted by atomic mass is 10.0. The summed E-state index contributed by atoms with van der Waals surface area (Å²) in [6, 6.07) is 12.6. The molecule has 1 N–H and O–H groups in total. The van der Waals surface area contributed by atoms with Crippen molar-refractivity contribution in [1.82, 2.24) is 4.98 Å². The fraction of sp³-hybridized carbons (Fsp3) is 0.111. The number of H-pyrrole nitrogens is 1. The van der Waals surface area contributed by atoms with Crippen LogP contribution in [0.25, 0.3) is 21.8 Å². The summed E-state index contributed by atoms with van der Waals surface area (Å²) in [5.74, 6) is 0.970. The zero-order chi connectivity index (χ0) is 13.5. The lowest BCUT2D eigenvalue weighted by Crippen LogP contribution is -1.98. The van der Waals surface area contributed by atoms with Crippen molar-refractivity contribution in [2.45, 2.75) is 6.42 Å². The van der Waals surface area contributed by atoms with Crippen LogP contribution in [0.1, 0.15) is 5.56 Å². The predicted octanol–water partition coefficient (Wildman–Crippen LogP) is 4.37. The molecule has 0 saturated carbocycles. The Kier molecular flexibility index (Phi) is 2.43. The summed E-state index contributed by atoms with van der Waals surface area (Å²) in [7, 11) is 0. The molecule has 0 bridgehead atoms. The van der Waals surface area contributed by atoms with Crippen LogP contribution in [0.15, 0.2) is 60.7 Å². The van der Waals surface area contributed by atoms with Gasteiger partial charge in [-0.15, -0.1) is 0 Å². The van der Waals surface area contributed by atoms with Gasteiger partial charge in [-0.2, -0.15) is 0 Å². The van der Waals surface area contributed by atoms with Crippen molar-refractivity contribution < 1.29 is 4.74 Å². The van der Waals surface area contributed by atoms with Crippen LogP contribution in [0.5, 0.6) is 5.75 Å². The van der Waals surface area contributed by atoms with Gasteiger partial charge < -0.3 is 9.72 Å². The molecule has 0 unspecified atom stereocenters. The highest BCUT2D eigenvalue weighted by molar-refractivity contribution is 6.08. The molecule has 3 aromatic rings. The average molecular weight is 261 g/mol. The minimum absolute atomic E-state index is 0.599. The number of rotatable bonds is 1. The van der Waals surface area contributed by atoms with Crippen LogP contribution in [-0.2, 0) is 6.42 Å². The number of allylic oxidation sites excluding steroid dienone is 1. The normalized spacial score (nSPS) is 14.5. The Bertz CT molecular complexity index is 854. The second-order valence-electron chi connectivity index (χ2n) is 5.11. The maximum Gasteiger partial charge on any atom is 0.125 e. The summed E-state index contributed by atoms with van der Waals surface area (Å²) in [5.41, 5.74) is 4.74. The van der Waals surface area contributed by atoms with E-state index in [2.05, 4.69) is 54.0 Å². The van der Waals surface area contributed by atoms with Crippen molar-refractivity contribution in [3.8, 4) is 5.75 Å². The monoisotopic (exact) mass is 261 g/mol. The van der Waals surface area contributed by atoms with E-state index in [1.165, 1.54) is 27.4 Å². The van der Waals surface area contributed by atoms with Crippen LogP contribution in [0.3, 0.4) is 0 Å². The lowest BCUT2D eigenvalue weighted by Gasteiger charge is -2.08. The third kappa shape index (κ3) is 1.58. The summed E-state index contributed by atoms with van der Waals surface area (Å²) < 4.78 is 5.90. The first-order chi connectivity index (χ1) is 9.86. The van der Waals surface area contributed by atoms with Crippen LogP contribution in [-0.4, -0.2) is 11.6 Å². The van der Waals surface area contributed by atoms with Gasteiger partial charge in [-0.25, -0.2) is 0 Å². The van der Waals surface area contributed by atoms with Gasteiger partial charge in [0.25, 0.3) is 0 Å². The molecule has 20 heavy (non-hydrogen) atoms. The first-order valence-electron chi connectivity index (χ1n) is 6.83. The number of aromatic nitrogens is 1. The molecule has 2 heterocycles. The number of benzene rings is 2. The Hall–Kier alpha value is -2.48. The minimum Gasteiger partial charge on any atom is -0.489 e. The van der Waals surface area contributed by atoms with Gasteiger partial charge in [-0.3, -0.25) is 0 Å². The summed E-state index contributed by atoms with van der Waals surface area (Å²) in [4.78, 5) is 3.53. The van der Waals surface area contributed by atoms with Gasteiger partial charge in [0, 0.05) is 21.9 Å². The minimum atomic E-state index is 0.599. The molecule has 0 amide bonds. The van der Waals surface area contributed by atoms with E-state index in [4.69, 9.17) is 4.74 Å². The quantitative estimate of drug-likeness (QED) is 0.691. The standard InChI is InChI=1S/C18H15NO/c1-2-12-7-8-15-17(20-11-12)10-9-14-13-5-3-4-6-16(13)19-18(14)15/h2-7,9-10,19H,1,8,11H2. The van der Waals surface area contributed by atoms with Crippen molar-refractivity contribution in [3.05, 3.63) is 66.3 Å². The highest BCUT2D eigenvalue weighted by Gasteiger charge is 2.15. The zero-order valence-corrected chi connectivity index (χ0v) is 11.1. The summed E-state index contributed by atoms with van der Waals surface area (Å²) in [6.07, 6.45) is 4.94. The zero-order valence-electron chi connectivity index (χ0n) is 11.1. The molecule has 2 heteroatoms. The van der Waals surface area contributed by atoms with Crippen LogP contribution in [0.2, 0.25) is 0 Å². The van der Waals surface area contributed by atoms with Gasteiger partial charge in [-0.1, -0.05) is 36.9 Å². The molecule has 0 saturated heterocycles. The van der Waals surface area contributed by atoms with Crippen LogP contribution in [0.4, 0.5) is 0 Å². The number of nitrogens with one attached hydrogen (secondary N) is 1. The van der Waals surface area contributed by atoms with Gasteiger partial charge in [0.05, 0.1) is 5.52 Å². The van der Waals surface area contributed by atoms with E-state index in [-0.39, 0.29) is 0 Å². The maximum absolute atomic E-state index is 5.90. The molecule has 0 aliphatic carbocycles. The third-order valence-electron chi connectivity index (χ3n) is 3.97. The van der Waals surface area contributed by atoms with E-state index in [1.54, 1.807) is 0 Å². The van der Waals surface area contributed by atoms with Crippen LogP contribution in [0, 0.1) is 0 Å². The van der Waals surface area contributed by atoms with E-state index in [9.17, 15) is 0 Å². The highest BCUT2D eigenvalue weighted by Crippen LogP contribution is 2.34. The first kappa shape index (κ1) is 11.4. The average Bonchev–Trinajstić information content (AvgIpc) is 2.73. The molecule has 1 aliphatic heterocycles. The molecule has 1 aromatic heterocycles. The summed E-state index contributed by atoms with van der Waals surface area (Å²) >= 11 is 0. The van der Waals surface area contributed by atoms with Gasteiger partial charge in [0.1, 0.15) is 12.4 Å². The molecule has 0 atom stereocenters. The Morgan fingerprint density at radius 3 is 2.90 bits per heavy atom. The molecule has 4 rings (SSSR count). The fourth-order valence-corrected chi connectivity index (χ4v) is 2.89. The van der Waals surface area contributed by atoms with Crippen LogP contribution < -0.4 is 4.74 Å². The molecule has 98 valence electrons. The Balaban J connectivity index is 2.01. The van der Waals surface area contributed by atoms with Crippen molar-refractivity contribution in [2.24, 2.45) is 0 Å². The number of hydrogen-bond acceptors (Lipinski definition) is 1. The Labute approximate surface area is 117 Å². The first-order valence-corrected chi connectivity index (χ1v) is 6.83. The van der Waals surface area contributed by atoms with Crippen molar-refractivity contribution >= 4 is 21.8 Å². The SMILES string of the molecule is C=CC1=CCc2c(ccc3c2[nH]c2ccccc23)OC1. The second kappa shape index (κ2) is 4.27. The van der Waals surface area contributed by atoms with Gasteiger partial charge in [0.2, 0.25) is 0 Å². The fourth-order valence-electron chi connectivity index (χ4n) is 2.89. The molecule has 2 nitrogen and oxygen atoms in total. The van der Waals surface area contributed by atoms with Crippen molar-refractivity contribution in [2.75, 3.05) is 6.61 Å². The molecule has 0 radical (unpaired) electrons. The molecular formula is C18H15NO. The molecule has 1 aliphatic rings. The van der Waals surface area contributed by atoms with Crippen molar-refractivity contribution in [3.63, 3.8) is 0 Å². The van der Waals surface area contributed by atoms with E-state index in [1.807, 2.05) is 6.08 Å². The third-order valence-corrected chi connectivity index (χ3v) is 3.97. The number of ether oxygens (including phenoxy) is 1.